The highest BCUT2D eigenvalue weighted by molar-refractivity contribution is 5.77. The van der Waals surface area contributed by atoms with Gasteiger partial charge in [0.15, 0.2) is 5.82 Å². The lowest BCUT2D eigenvalue weighted by Gasteiger charge is -2.33. The maximum absolute atomic E-state index is 13.0. The average Bonchev–Trinajstić information content (AvgIpc) is 3.21. The quantitative estimate of drug-likeness (QED) is 0.901. The molecule has 0 saturated carbocycles. The molecule has 2 saturated heterocycles. The zero-order valence-electron chi connectivity index (χ0n) is 13.5. The van der Waals surface area contributed by atoms with E-state index in [1.165, 1.54) is 12.1 Å². The first-order chi connectivity index (χ1) is 12.1. The highest BCUT2D eigenvalue weighted by Gasteiger charge is 2.54. The monoisotopic (exact) mass is 347 g/mol. The van der Waals surface area contributed by atoms with Crippen molar-refractivity contribution in [3.63, 3.8) is 0 Å². The van der Waals surface area contributed by atoms with E-state index in [2.05, 4.69) is 10.1 Å². The lowest BCUT2D eigenvalue weighted by Crippen LogP contribution is -2.44. The predicted octanol–water partition coefficient (Wildman–Crippen LogP) is 1.73. The minimum Gasteiger partial charge on any atom is -0.481 e. The molecule has 0 spiro atoms. The second kappa shape index (κ2) is 6.11. The zero-order chi connectivity index (χ0) is 17.4. The number of halogens is 1. The second-order valence-electron chi connectivity index (χ2n) is 6.66. The number of rotatable bonds is 4. The van der Waals surface area contributed by atoms with Gasteiger partial charge in [0.2, 0.25) is 0 Å². The van der Waals surface area contributed by atoms with E-state index in [0.717, 1.165) is 5.56 Å². The molecule has 2 atom stereocenters. The molecule has 0 bridgehead atoms. The van der Waals surface area contributed by atoms with E-state index in [-0.39, 0.29) is 11.7 Å². The molecule has 0 aliphatic carbocycles. The molecule has 0 unspecified atom stereocenters. The molecule has 8 heteroatoms. The Balaban J connectivity index is 1.50. The number of hydrogen-bond acceptors (Lipinski definition) is 6. The van der Waals surface area contributed by atoms with Crippen LogP contribution in [0.3, 0.4) is 0 Å². The van der Waals surface area contributed by atoms with E-state index in [1.54, 1.807) is 12.1 Å². The summed E-state index contributed by atoms with van der Waals surface area (Å²) in [7, 11) is 0. The summed E-state index contributed by atoms with van der Waals surface area (Å²) < 4.78 is 23.7. The summed E-state index contributed by atoms with van der Waals surface area (Å²) in [5.41, 5.74) is 0.0587. The third-order valence-corrected chi connectivity index (χ3v) is 5.14. The number of ether oxygens (including phenoxy) is 1. The number of hydrogen-bond donors (Lipinski definition) is 1. The van der Waals surface area contributed by atoms with Crippen molar-refractivity contribution in [1.29, 1.82) is 0 Å². The van der Waals surface area contributed by atoms with Crippen molar-refractivity contribution in [3.8, 4) is 0 Å². The number of aromatic nitrogens is 2. The summed E-state index contributed by atoms with van der Waals surface area (Å²) in [6.45, 7) is 1.74. The molecule has 1 aromatic carbocycles. The van der Waals surface area contributed by atoms with E-state index >= 15 is 0 Å². The number of aliphatic carboxylic acids is 1. The molecular weight excluding hydrogens is 329 g/mol. The van der Waals surface area contributed by atoms with Gasteiger partial charge >= 0.3 is 12.0 Å². The SMILES string of the molecule is O=C(O)[C@@]12CCOC[C@@H]1CN(c1nc(Cc3ccc(F)cc3)no1)C2. The molecule has 25 heavy (non-hydrogen) atoms. The first kappa shape index (κ1) is 16.0. The summed E-state index contributed by atoms with van der Waals surface area (Å²) in [4.78, 5) is 18.0. The topological polar surface area (TPSA) is 88.7 Å². The molecule has 1 N–H and O–H groups in total. The van der Waals surface area contributed by atoms with Gasteiger partial charge in [-0.2, -0.15) is 4.98 Å². The van der Waals surface area contributed by atoms with Crippen molar-refractivity contribution in [2.24, 2.45) is 11.3 Å². The van der Waals surface area contributed by atoms with Crippen LogP contribution in [-0.2, 0) is 16.0 Å². The Morgan fingerprint density at radius 2 is 2.20 bits per heavy atom. The summed E-state index contributed by atoms with van der Waals surface area (Å²) in [5.74, 6) is -0.698. The van der Waals surface area contributed by atoms with Crippen LogP contribution in [0, 0.1) is 17.2 Å². The molecule has 0 radical (unpaired) electrons. The number of carbonyl (C=O) groups is 1. The van der Waals surface area contributed by atoms with Gasteiger partial charge in [-0.05, 0) is 24.1 Å². The van der Waals surface area contributed by atoms with Gasteiger partial charge in [0.05, 0.1) is 12.0 Å². The van der Waals surface area contributed by atoms with E-state index in [1.807, 2.05) is 4.90 Å². The molecule has 2 aliphatic rings. The Labute approximate surface area is 143 Å². The van der Waals surface area contributed by atoms with Crippen molar-refractivity contribution in [3.05, 3.63) is 41.5 Å². The zero-order valence-corrected chi connectivity index (χ0v) is 13.5. The molecule has 2 fully saturated rings. The maximum Gasteiger partial charge on any atom is 0.324 e. The van der Waals surface area contributed by atoms with Gasteiger partial charge in [0.25, 0.3) is 0 Å². The number of fused-ring (bicyclic) bond motifs is 1. The van der Waals surface area contributed by atoms with E-state index in [0.29, 0.717) is 51.0 Å². The molecular formula is C17H18FN3O4. The third-order valence-electron chi connectivity index (χ3n) is 5.14. The molecule has 1 aromatic heterocycles. The molecule has 2 aliphatic heterocycles. The predicted molar refractivity (Wildman–Crippen MR) is 84.7 cm³/mol. The lowest BCUT2D eigenvalue weighted by molar-refractivity contribution is -0.157. The van der Waals surface area contributed by atoms with Crippen LogP contribution < -0.4 is 4.90 Å². The van der Waals surface area contributed by atoms with Gasteiger partial charge < -0.3 is 19.3 Å². The van der Waals surface area contributed by atoms with Crippen LogP contribution in [-0.4, -0.2) is 47.5 Å². The number of carboxylic acid groups (broad SMARTS) is 1. The summed E-state index contributed by atoms with van der Waals surface area (Å²) in [6.07, 6.45) is 0.911. The van der Waals surface area contributed by atoms with Gasteiger partial charge in [-0.25, -0.2) is 4.39 Å². The smallest absolute Gasteiger partial charge is 0.324 e. The standard InChI is InChI=1S/C17H18FN3O4/c18-13-3-1-11(2-4-13)7-14-19-16(25-20-14)21-8-12-9-24-6-5-17(12,10-21)15(22)23/h1-4,12H,5-10H2,(H,22,23)/t12-,17+/m0/s1. The van der Waals surface area contributed by atoms with Crippen molar-refractivity contribution >= 4 is 12.0 Å². The highest BCUT2D eigenvalue weighted by Crippen LogP contribution is 2.43. The highest BCUT2D eigenvalue weighted by atomic mass is 19.1. The number of benzene rings is 1. The van der Waals surface area contributed by atoms with Gasteiger partial charge in [-0.15, -0.1) is 0 Å². The molecule has 7 nitrogen and oxygen atoms in total. The van der Waals surface area contributed by atoms with Crippen LogP contribution in [0.2, 0.25) is 0 Å². The minimum atomic E-state index is -0.816. The number of carboxylic acids is 1. The van der Waals surface area contributed by atoms with Crippen LogP contribution >= 0.6 is 0 Å². The van der Waals surface area contributed by atoms with Crippen molar-refractivity contribution in [1.82, 2.24) is 10.1 Å². The maximum atomic E-state index is 13.0. The Morgan fingerprint density at radius 1 is 1.40 bits per heavy atom. The Hall–Kier alpha value is -2.48. The fourth-order valence-corrected chi connectivity index (χ4v) is 3.68. The summed E-state index contributed by atoms with van der Waals surface area (Å²) in [6, 6.07) is 6.45. The Bertz CT molecular complexity index is 778. The Morgan fingerprint density at radius 3 is 2.92 bits per heavy atom. The van der Waals surface area contributed by atoms with E-state index in [9.17, 15) is 14.3 Å². The molecule has 132 valence electrons. The van der Waals surface area contributed by atoms with Gasteiger partial charge in [0, 0.05) is 32.0 Å². The largest absolute Gasteiger partial charge is 0.481 e. The van der Waals surface area contributed by atoms with Crippen LogP contribution in [0.5, 0.6) is 0 Å². The molecule has 4 rings (SSSR count). The van der Waals surface area contributed by atoms with Gasteiger partial charge in [-0.1, -0.05) is 17.3 Å². The van der Waals surface area contributed by atoms with E-state index in [4.69, 9.17) is 9.26 Å². The number of nitrogens with zero attached hydrogens (tertiary/aromatic N) is 3. The third kappa shape index (κ3) is 2.86. The van der Waals surface area contributed by atoms with Gasteiger partial charge in [-0.3, -0.25) is 4.79 Å². The minimum absolute atomic E-state index is 0.0915. The fourth-order valence-electron chi connectivity index (χ4n) is 3.68. The van der Waals surface area contributed by atoms with Gasteiger partial charge in [0.1, 0.15) is 5.82 Å². The van der Waals surface area contributed by atoms with Crippen LogP contribution in [0.4, 0.5) is 10.4 Å². The Kier molecular flexibility index (Phi) is 3.91. The normalized spacial score (nSPS) is 25.8. The molecule has 0 amide bonds. The summed E-state index contributed by atoms with van der Waals surface area (Å²) >= 11 is 0. The van der Waals surface area contributed by atoms with E-state index < -0.39 is 11.4 Å². The lowest BCUT2D eigenvalue weighted by atomic mass is 9.74. The van der Waals surface area contributed by atoms with Crippen LogP contribution in [0.25, 0.3) is 0 Å². The molecule has 3 heterocycles. The van der Waals surface area contributed by atoms with Crippen LogP contribution in [0.1, 0.15) is 17.8 Å². The van der Waals surface area contributed by atoms with Crippen molar-refractivity contribution < 1.29 is 23.6 Å². The van der Waals surface area contributed by atoms with Crippen molar-refractivity contribution in [2.45, 2.75) is 12.8 Å². The van der Waals surface area contributed by atoms with Crippen LogP contribution in [0.15, 0.2) is 28.8 Å². The first-order valence-electron chi connectivity index (χ1n) is 8.20. The first-order valence-corrected chi connectivity index (χ1v) is 8.20. The van der Waals surface area contributed by atoms with Crippen molar-refractivity contribution in [2.75, 3.05) is 31.2 Å². The summed E-state index contributed by atoms with van der Waals surface area (Å²) in [5, 5.41) is 13.7. The second-order valence-corrected chi connectivity index (χ2v) is 6.66. The number of anilines is 1. The fraction of sp³-hybridized carbons (Fsp3) is 0.471. The molecule has 2 aromatic rings. The average molecular weight is 347 g/mol.